The predicted molar refractivity (Wildman–Crippen MR) is 103 cm³/mol. The highest BCUT2D eigenvalue weighted by molar-refractivity contribution is 8.18. The van der Waals surface area contributed by atoms with Crippen molar-refractivity contribution in [3.05, 3.63) is 70.1 Å². The first-order valence-electron chi connectivity index (χ1n) is 7.85. The van der Waals surface area contributed by atoms with Crippen LogP contribution in [0, 0.1) is 6.92 Å². The van der Waals surface area contributed by atoms with Crippen molar-refractivity contribution in [1.29, 1.82) is 0 Å². The molecule has 26 heavy (non-hydrogen) atoms. The van der Waals surface area contributed by atoms with Crippen molar-refractivity contribution in [3.63, 3.8) is 0 Å². The number of hydrogen-bond acceptors (Lipinski definition) is 5. The number of amides is 2. The molecule has 0 bridgehead atoms. The maximum absolute atomic E-state index is 12.1. The smallest absolute Gasteiger partial charge is 0.271 e. The van der Waals surface area contributed by atoms with Gasteiger partial charge in [0.15, 0.2) is 5.17 Å². The summed E-state index contributed by atoms with van der Waals surface area (Å²) >= 11 is 1.18. The van der Waals surface area contributed by atoms with Crippen molar-refractivity contribution in [2.24, 2.45) is 5.10 Å². The van der Waals surface area contributed by atoms with E-state index < -0.39 is 0 Å². The Hall–Kier alpha value is -3.06. The Morgan fingerprint density at radius 3 is 2.50 bits per heavy atom. The molecule has 0 radical (unpaired) electrons. The Balaban J connectivity index is 1.65. The van der Waals surface area contributed by atoms with Crippen LogP contribution in [0.1, 0.15) is 21.5 Å². The van der Waals surface area contributed by atoms with E-state index in [0.29, 0.717) is 21.4 Å². The third kappa shape index (κ3) is 4.31. The minimum atomic E-state index is -0.369. The van der Waals surface area contributed by atoms with Gasteiger partial charge in [-0.15, -0.1) is 5.10 Å². The lowest BCUT2D eigenvalue weighted by Gasteiger charge is -2.02. The third-order valence-electron chi connectivity index (χ3n) is 3.64. The SMILES string of the molecule is COc1ccc(C(=O)N/N=C2/NC(=O)/C(=C/c3ccc(C)cc3)S2)cc1. The number of carbonyl (C=O) groups excluding carboxylic acids is 2. The molecular weight excluding hydrogens is 350 g/mol. The van der Waals surface area contributed by atoms with Crippen LogP contribution in [0.5, 0.6) is 5.75 Å². The quantitative estimate of drug-likeness (QED) is 0.643. The molecule has 0 aromatic heterocycles. The van der Waals surface area contributed by atoms with Crippen molar-refractivity contribution in [2.75, 3.05) is 7.11 Å². The normalized spacial score (nSPS) is 16.6. The number of rotatable bonds is 4. The minimum Gasteiger partial charge on any atom is -0.497 e. The first-order valence-corrected chi connectivity index (χ1v) is 8.66. The van der Waals surface area contributed by atoms with Crippen LogP contribution in [0.25, 0.3) is 6.08 Å². The molecule has 132 valence electrons. The van der Waals surface area contributed by atoms with Crippen molar-refractivity contribution in [1.82, 2.24) is 10.7 Å². The fourth-order valence-corrected chi connectivity index (χ4v) is 2.99. The molecular formula is C19H17N3O3S. The van der Waals surface area contributed by atoms with Gasteiger partial charge in [-0.3, -0.25) is 14.9 Å². The molecule has 1 aliphatic rings. The average molecular weight is 367 g/mol. The fourth-order valence-electron chi connectivity index (χ4n) is 2.20. The highest BCUT2D eigenvalue weighted by atomic mass is 32.2. The molecule has 1 saturated heterocycles. The van der Waals surface area contributed by atoms with Crippen LogP contribution in [-0.2, 0) is 4.79 Å². The lowest BCUT2D eigenvalue weighted by atomic mass is 10.1. The molecule has 2 aromatic rings. The lowest BCUT2D eigenvalue weighted by Crippen LogP contribution is -2.25. The van der Waals surface area contributed by atoms with Crippen molar-refractivity contribution in [3.8, 4) is 5.75 Å². The van der Waals surface area contributed by atoms with Gasteiger partial charge >= 0.3 is 0 Å². The van der Waals surface area contributed by atoms with Gasteiger partial charge in [0, 0.05) is 5.56 Å². The average Bonchev–Trinajstić information content (AvgIpc) is 3.01. The zero-order valence-electron chi connectivity index (χ0n) is 14.3. The van der Waals surface area contributed by atoms with Crippen molar-refractivity contribution < 1.29 is 14.3 Å². The molecule has 1 aliphatic heterocycles. The molecule has 3 rings (SSSR count). The molecule has 2 N–H and O–H groups in total. The number of carbonyl (C=O) groups is 2. The Labute approximate surface area is 155 Å². The van der Waals surface area contributed by atoms with Crippen LogP contribution in [0.2, 0.25) is 0 Å². The first-order chi connectivity index (χ1) is 12.5. The third-order valence-corrected chi connectivity index (χ3v) is 4.55. The van der Waals surface area contributed by atoms with E-state index >= 15 is 0 Å². The van der Waals surface area contributed by atoms with E-state index in [-0.39, 0.29) is 11.8 Å². The zero-order valence-corrected chi connectivity index (χ0v) is 15.1. The summed E-state index contributed by atoms with van der Waals surface area (Å²) in [6.07, 6.45) is 1.78. The Kier molecular flexibility index (Phi) is 5.38. The molecule has 0 aliphatic carbocycles. The van der Waals surface area contributed by atoms with Gasteiger partial charge in [-0.1, -0.05) is 29.8 Å². The van der Waals surface area contributed by atoms with Gasteiger partial charge in [-0.05, 0) is 54.6 Å². The minimum absolute atomic E-state index is 0.243. The number of aryl methyl sites for hydroxylation is 1. The highest BCUT2D eigenvalue weighted by Gasteiger charge is 2.24. The van der Waals surface area contributed by atoms with Gasteiger partial charge in [-0.2, -0.15) is 0 Å². The molecule has 0 spiro atoms. The van der Waals surface area contributed by atoms with E-state index in [1.165, 1.54) is 11.8 Å². The summed E-state index contributed by atoms with van der Waals surface area (Å²) in [4.78, 5) is 24.6. The summed E-state index contributed by atoms with van der Waals surface area (Å²) in [5.41, 5.74) is 4.96. The summed E-state index contributed by atoms with van der Waals surface area (Å²) in [6.45, 7) is 2.00. The molecule has 1 fully saturated rings. The van der Waals surface area contributed by atoms with E-state index in [1.807, 2.05) is 31.2 Å². The number of amidine groups is 1. The molecule has 1 heterocycles. The summed E-state index contributed by atoms with van der Waals surface area (Å²) in [5.74, 6) is 0.0522. The maximum Gasteiger partial charge on any atom is 0.271 e. The number of methoxy groups -OCH3 is 1. The summed E-state index contributed by atoms with van der Waals surface area (Å²) < 4.78 is 5.05. The fraction of sp³-hybridized carbons (Fsp3) is 0.105. The second kappa shape index (κ2) is 7.88. The Morgan fingerprint density at radius 1 is 1.15 bits per heavy atom. The van der Waals surface area contributed by atoms with Crippen LogP contribution < -0.4 is 15.5 Å². The van der Waals surface area contributed by atoms with Crippen molar-refractivity contribution >= 4 is 34.8 Å². The highest BCUT2D eigenvalue weighted by Crippen LogP contribution is 2.25. The molecule has 2 aromatic carbocycles. The monoisotopic (exact) mass is 367 g/mol. The predicted octanol–water partition coefficient (Wildman–Crippen LogP) is 2.91. The van der Waals surface area contributed by atoms with Gasteiger partial charge in [0.2, 0.25) is 0 Å². The number of hydrogen-bond donors (Lipinski definition) is 2. The number of thioether (sulfide) groups is 1. The van der Waals surface area contributed by atoms with Gasteiger partial charge in [0.05, 0.1) is 12.0 Å². The van der Waals surface area contributed by atoms with E-state index in [9.17, 15) is 9.59 Å². The number of hydrazone groups is 1. The van der Waals surface area contributed by atoms with Crippen LogP contribution in [-0.4, -0.2) is 24.1 Å². The molecule has 0 atom stereocenters. The molecule has 7 heteroatoms. The lowest BCUT2D eigenvalue weighted by molar-refractivity contribution is -0.115. The van der Waals surface area contributed by atoms with Gasteiger partial charge < -0.3 is 4.74 Å². The number of nitrogens with zero attached hydrogens (tertiary/aromatic N) is 1. The second-order valence-corrected chi connectivity index (χ2v) is 6.59. The van der Waals surface area contributed by atoms with Gasteiger partial charge in [0.1, 0.15) is 5.75 Å². The largest absolute Gasteiger partial charge is 0.497 e. The standard InChI is InChI=1S/C19H17N3O3S/c1-12-3-5-13(6-4-12)11-16-18(24)20-19(26-16)22-21-17(23)14-7-9-15(25-2)10-8-14/h3-11H,1-2H3,(H,21,23)(H,20,22,24)/b16-11-. The van der Waals surface area contributed by atoms with E-state index in [2.05, 4.69) is 15.8 Å². The zero-order chi connectivity index (χ0) is 18.5. The number of ether oxygens (including phenoxy) is 1. The second-order valence-electron chi connectivity index (χ2n) is 5.56. The van der Waals surface area contributed by atoms with E-state index in [0.717, 1.165) is 11.1 Å². The van der Waals surface area contributed by atoms with Gasteiger partial charge in [0.25, 0.3) is 11.8 Å². The van der Waals surface area contributed by atoms with Crippen molar-refractivity contribution in [2.45, 2.75) is 6.92 Å². The molecule has 0 saturated carbocycles. The molecule has 6 nitrogen and oxygen atoms in total. The topological polar surface area (TPSA) is 79.8 Å². The van der Waals surface area contributed by atoms with Crippen LogP contribution in [0.4, 0.5) is 0 Å². The Bertz CT molecular complexity index is 887. The summed E-state index contributed by atoms with van der Waals surface area (Å²) in [7, 11) is 1.56. The van der Waals surface area contributed by atoms with Crippen LogP contribution in [0.15, 0.2) is 58.5 Å². The van der Waals surface area contributed by atoms with E-state index in [4.69, 9.17) is 4.74 Å². The summed E-state index contributed by atoms with van der Waals surface area (Å²) in [6, 6.07) is 14.5. The first kappa shape index (κ1) is 17.8. The number of benzene rings is 2. The number of nitrogens with one attached hydrogen (secondary N) is 2. The van der Waals surface area contributed by atoms with Crippen LogP contribution in [0.3, 0.4) is 0 Å². The summed E-state index contributed by atoms with van der Waals surface area (Å²) in [5, 5.41) is 6.94. The van der Waals surface area contributed by atoms with Crippen LogP contribution >= 0.6 is 11.8 Å². The Morgan fingerprint density at radius 2 is 1.85 bits per heavy atom. The molecule has 0 unspecified atom stereocenters. The van der Waals surface area contributed by atoms with Gasteiger partial charge in [-0.25, -0.2) is 5.43 Å². The van der Waals surface area contributed by atoms with E-state index in [1.54, 1.807) is 37.5 Å². The molecule has 2 amide bonds. The maximum atomic E-state index is 12.1.